The third kappa shape index (κ3) is 3.69. The van der Waals surface area contributed by atoms with Gasteiger partial charge in [0.15, 0.2) is 0 Å². The predicted octanol–water partition coefficient (Wildman–Crippen LogP) is 4.37. The number of nitrogens with one attached hydrogen (secondary N) is 1. The number of anilines is 1. The van der Waals surface area contributed by atoms with Gasteiger partial charge < -0.3 is 14.8 Å². The summed E-state index contributed by atoms with van der Waals surface area (Å²) in [7, 11) is 0. The Balaban J connectivity index is 1.63. The van der Waals surface area contributed by atoms with Crippen LogP contribution in [0, 0.1) is 0 Å². The molecule has 1 fully saturated rings. The highest BCUT2D eigenvalue weighted by Crippen LogP contribution is 2.41. The molecular formula is C26H22N4O4. The number of carbonyl (C=O) groups excluding carboxylic acids is 2. The second-order valence-corrected chi connectivity index (χ2v) is 7.91. The molecule has 34 heavy (non-hydrogen) atoms. The average molecular weight is 454 g/mol. The van der Waals surface area contributed by atoms with Crippen LogP contribution in [-0.4, -0.2) is 38.4 Å². The van der Waals surface area contributed by atoms with Crippen molar-refractivity contribution in [2.24, 2.45) is 0 Å². The van der Waals surface area contributed by atoms with Crippen molar-refractivity contribution in [1.82, 2.24) is 15.0 Å². The number of imidazole rings is 1. The number of hydrogen-bond acceptors (Lipinski definition) is 6. The molecule has 8 nitrogen and oxygen atoms in total. The van der Waals surface area contributed by atoms with E-state index in [1.165, 1.54) is 4.90 Å². The summed E-state index contributed by atoms with van der Waals surface area (Å²) in [5.74, 6) is -0.965. The van der Waals surface area contributed by atoms with Crippen molar-refractivity contribution in [1.29, 1.82) is 0 Å². The molecule has 2 aromatic carbocycles. The van der Waals surface area contributed by atoms with Gasteiger partial charge >= 0.3 is 5.91 Å². The second-order valence-electron chi connectivity index (χ2n) is 7.91. The highest BCUT2D eigenvalue weighted by Gasteiger charge is 2.48. The maximum atomic E-state index is 13.2. The molecule has 170 valence electrons. The lowest BCUT2D eigenvalue weighted by Gasteiger charge is -2.22. The maximum Gasteiger partial charge on any atom is 0.302 e. The van der Waals surface area contributed by atoms with Crippen LogP contribution in [0.15, 0.2) is 78.6 Å². The van der Waals surface area contributed by atoms with Gasteiger partial charge in [-0.15, -0.1) is 0 Å². The Labute approximate surface area is 195 Å². The molecule has 0 aliphatic carbocycles. The van der Waals surface area contributed by atoms with E-state index in [2.05, 4.69) is 15.0 Å². The lowest BCUT2D eigenvalue weighted by atomic mass is 9.96. The number of pyridine rings is 1. The summed E-state index contributed by atoms with van der Waals surface area (Å²) in [6.07, 6.45) is 4.05. The molecule has 3 heterocycles. The molecule has 4 aromatic rings. The van der Waals surface area contributed by atoms with Gasteiger partial charge in [-0.25, -0.2) is 4.98 Å². The molecule has 0 radical (unpaired) electrons. The van der Waals surface area contributed by atoms with E-state index in [1.54, 1.807) is 48.8 Å². The van der Waals surface area contributed by atoms with Crippen molar-refractivity contribution in [2.75, 3.05) is 11.5 Å². The second kappa shape index (κ2) is 8.82. The fourth-order valence-corrected chi connectivity index (χ4v) is 4.04. The lowest BCUT2D eigenvalue weighted by molar-refractivity contribution is -0.132. The molecule has 1 unspecified atom stereocenters. The maximum absolute atomic E-state index is 13.2. The van der Waals surface area contributed by atoms with E-state index in [-0.39, 0.29) is 17.3 Å². The van der Waals surface area contributed by atoms with Crippen LogP contribution in [0.2, 0.25) is 0 Å². The van der Waals surface area contributed by atoms with E-state index < -0.39 is 17.7 Å². The topological polar surface area (TPSA) is 108 Å². The van der Waals surface area contributed by atoms with Gasteiger partial charge in [-0.1, -0.05) is 25.1 Å². The predicted molar refractivity (Wildman–Crippen MR) is 127 cm³/mol. The number of ketones is 1. The van der Waals surface area contributed by atoms with Crippen LogP contribution >= 0.6 is 0 Å². The van der Waals surface area contributed by atoms with Crippen LogP contribution in [0.3, 0.4) is 0 Å². The number of aliphatic hydroxyl groups excluding tert-OH is 1. The molecular weight excluding hydrogens is 432 g/mol. The number of ether oxygens (including phenoxy) is 1. The average Bonchev–Trinajstić information content (AvgIpc) is 3.41. The first kappa shape index (κ1) is 21.4. The molecule has 1 aliphatic rings. The number of para-hydroxylation sites is 2. The molecule has 8 heteroatoms. The first-order valence-corrected chi connectivity index (χ1v) is 11.0. The fraction of sp³-hybridized carbons (Fsp3) is 0.154. The van der Waals surface area contributed by atoms with Crippen LogP contribution in [0.5, 0.6) is 5.75 Å². The van der Waals surface area contributed by atoms with Crippen molar-refractivity contribution in [3.05, 3.63) is 89.8 Å². The Bertz CT molecular complexity index is 1360. The van der Waals surface area contributed by atoms with Gasteiger partial charge in [0.25, 0.3) is 5.78 Å². The van der Waals surface area contributed by atoms with Gasteiger partial charge in [0.2, 0.25) is 5.95 Å². The van der Waals surface area contributed by atoms with Gasteiger partial charge in [-0.2, -0.15) is 0 Å². The van der Waals surface area contributed by atoms with E-state index in [1.807, 2.05) is 31.2 Å². The minimum Gasteiger partial charge on any atom is -0.507 e. The Kier molecular flexibility index (Phi) is 5.55. The van der Waals surface area contributed by atoms with Crippen LogP contribution in [0.1, 0.15) is 30.5 Å². The summed E-state index contributed by atoms with van der Waals surface area (Å²) in [6, 6.07) is 16.7. The van der Waals surface area contributed by atoms with Gasteiger partial charge in [0.1, 0.15) is 11.5 Å². The number of Topliss-reactive ketones (excluding diaryl/α,β-unsaturated/α-hetero) is 1. The summed E-state index contributed by atoms with van der Waals surface area (Å²) >= 11 is 0. The van der Waals surface area contributed by atoms with E-state index in [9.17, 15) is 14.7 Å². The van der Waals surface area contributed by atoms with E-state index in [4.69, 9.17) is 4.74 Å². The molecule has 1 aliphatic heterocycles. The summed E-state index contributed by atoms with van der Waals surface area (Å²) in [5.41, 5.74) is 2.34. The zero-order valence-electron chi connectivity index (χ0n) is 18.4. The Hall–Kier alpha value is -4.46. The highest BCUT2D eigenvalue weighted by molar-refractivity contribution is 6.51. The monoisotopic (exact) mass is 454 g/mol. The minimum atomic E-state index is -0.898. The number of aromatic amines is 1. The van der Waals surface area contributed by atoms with Crippen molar-refractivity contribution in [3.63, 3.8) is 0 Å². The Morgan fingerprint density at radius 1 is 1.09 bits per heavy atom. The van der Waals surface area contributed by atoms with Crippen molar-refractivity contribution < 1.29 is 19.4 Å². The van der Waals surface area contributed by atoms with E-state index in [0.717, 1.165) is 11.9 Å². The highest BCUT2D eigenvalue weighted by atomic mass is 16.5. The zero-order valence-corrected chi connectivity index (χ0v) is 18.4. The fourth-order valence-electron chi connectivity index (χ4n) is 4.04. The lowest BCUT2D eigenvalue weighted by Crippen LogP contribution is -2.30. The smallest absolute Gasteiger partial charge is 0.302 e. The molecule has 1 amide bonds. The molecule has 0 bridgehead atoms. The minimum absolute atomic E-state index is 0.0271. The summed E-state index contributed by atoms with van der Waals surface area (Å²) in [5, 5.41) is 11.2. The first-order valence-electron chi connectivity index (χ1n) is 11.0. The number of nitrogens with zero attached hydrogens (tertiary/aromatic N) is 3. The third-order valence-corrected chi connectivity index (χ3v) is 5.65. The molecule has 1 atom stereocenters. The van der Waals surface area contributed by atoms with Crippen LogP contribution in [-0.2, 0) is 9.59 Å². The normalized spacial score (nSPS) is 17.4. The number of H-pyrrole nitrogens is 1. The third-order valence-electron chi connectivity index (χ3n) is 5.65. The van der Waals surface area contributed by atoms with Crippen LogP contribution in [0.25, 0.3) is 16.8 Å². The molecule has 5 rings (SSSR count). The van der Waals surface area contributed by atoms with Gasteiger partial charge in [0.05, 0.1) is 29.3 Å². The molecule has 0 saturated carbocycles. The number of rotatable bonds is 6. The summed E-state index contributed by atoms with van der Waals surface area (Å²) < 4.78 is 5.60. The number of aromatic nitrogens is 3. The Morgan fingerprint density at radius 2 is 1.88 bits per heavy atom. The number of aliphatic hydroxyl groups is 1. The van der Waals surface area contributed by atoms with Crippen LogP contribution in [0.4, 0.5) is 5.95 Å². The summed E-state index contributed by atoms with van der Waals surface area (Å²) in [6.45, 7) is 2.59. The van der Waals surface area contributed by atoms with E-state index >= 15 is 0 Å². The first-order chi connectivity index (χ1) is 16.6. The number of fused-ring (bicyclic) bond motifs is 1. The molecule has 2 aromatic heterocycles. The SMILES string of the molecule is CCCOc1ccc(/C(O)=C2\C(=O)C(=O)N(c3nc4ccccc4[nH]3)C2c2cccnc2)cc1. The standard InChI is InChI=1S/C26H22N4O4/c1-2-14-34-18-11-9-16(10-12-18)23(31)21-22(17-6-5-13-27-15-17)30(25(33)24(21)32)26-28-19-7-3-4-8-20(19)29-26/h3-13,15,22,31H,2,14H2,1H3,(H,28,29)/b23-21+. The number of amides is 1. The largest absolute Gasteiger partial charge is 0.507 e. The Morgan fingerprint density at radius 3 is 2.59 bits per heavy atom. The molecule has 0 spiro atoms. The van der Waals surface area contributed by atoms with Crippen LogP contribution < -0.4 is 9.64 Å². The van der Waals surface area contributed by atoms with Crippen molar-refractivity contribution in [3.8, 4) is 5.75 Å². The zero-order chi connectivity index (χ0) is 23.7. The quantitative estimate of drug-likeness (QED) is 0.254. The van der Waals surface area contributed by atoms with E-state index in [0.29, 0.717) is 29.0 Å². The molecule has 1 saturated heterocycles. The molecule has 2 N–H and O–H groups in total. The van der Waals surface area contributed by atoms with Gasteiger partial charge in [0, 0.05) is 18.0 Å². The number of benzene rings is 2. The number of carbonyl (C=O) groups is 2. The summed E-state index contributed by atoms with van der Waals surface area (Å²) in [4.78, 5) is 39.5. The van der Waals surface area contributed by atoms with Gasteiger partial charge in [-0.05, 0) is 54.4 Å². The van der Waals surface area contributed by atoms with Crippen molar-refractivity contribution in [2.45, 2.75) is 19.4 Å². The van der Waals surface area contributed by atoms with Gasteiger partial charge in [-0.3, -0.25) is 19.5 Å². The van der Waals surface area contributed by atoms with Crippen molar-refractivity contribution >= 4 is 34.4 Å². The number of hydrogen-bond donors (Lipinski definition) is 2.